The van der Waals surface area contributed by atoms with Gasteiger partial charge in [-0.1, -0.05) is 12.1 Å². The van der Waals surface area contributed by atoms with Crippen LogP contribution in [0.4, 0.5) is 9.39 Å². The van der Waals surface area contributed by atoms with Crippen LogP contribution in [0.25, 0.3) is 6.08 Å². The van der Waals surface area contributed by atoms with Crippen molar-refractivity contribution < 1.29 is 18.7 Å². The molecule has 0 bridgehead atoms. The van der Waals surface area contributed by atoms with Crippen molar-refractivity contribution in [2.75, 3.05) is 11.9 Å². The van der Waals surface area contributed by atoms with E-state index in [9.17, 15) is 19.2 Å². The first kappa shape index (κ1) is 19.3. The second kappa shape index (κ2) is 8.41. The number of hydrogen-bond acceptors (Lipinski definition) is 5. The third-order valence-electron chi connectivity index (χ3n) is 3.64. The molecule has 134 valence electrons. The number of carbonyl (C=O) groups is 2. The number of nitriles is 1. The van der Waals surface area contributed by atoms with Gasteiger partial charge in [0.2, 0.25) is 0 Å². The Kier molecular flexibility index (Phi) is 6.26. The molecule has 5 nitrogen and oxygen atoms in total. The number of rotatable bonds is 5. The van der Waals surface area contributed by atoms with Crippen LogP contribution in [0.5, 0.6) is 0 Å². The number of halogens is 1. The van der Waals surface area contributed by atoms with Crippen LogP contribution in [0, 0.1) is 31.0 Å². The molecule has 1 N–H and O–H groups in total. The number of carbonyl (C=O) groups excluding carboxylic acids is 2. The number of hydrogen-bond donors (Lipinski definition) is 1. The molecule has 0 atom stereocenters. The maximum atomic E-state index is 13.0. The smallest absolute Gasteiger partial charge is 0.341 e. The highest BCUT2D eigenvalue weighted by Gasteiger charge is 2.23. The molecule has 0 radical (unpaired) electrons. The monoisotopic (exact) mass is 372 g/mol. The molecule has 0 saturated heterocycles. The number of ether oxygens (including phenoxy) is 1. The van der Waals surface area contributed by atoms with E-state index < -0.39 is 17.7 Å². The highest BCUT2D eigenvalue weighted by molar-refractivity contribution is 7.16. The number of benzene rings is 1. The maximum absolute atomic E-state index is 13.0. The van der Waals surface area contributed by atoms with Crippen LogP contribution >= 0.6 is 11.3 Å². The minimum absolute atomic E-state index is 0.157. The lowest BCUT2D eigenvalue weighted by Gasteiger charge is -2.06. The van der Waals surface area contributed by atoms with Crippen LogP contribution in [0.3, 0.4) is 0 Å². The fourth-order valence-electron chi connectivity index (χ4n) is 2.21. The second-order valence-corrected chi connectivity index (χ2v) is 6.61. The first-order valence-corrected chi connectivity index (χ1v) is 8.64. The molecule has 1 amide bonds. The lowest BCUT2D eigenvalue weighted by molar-refractivity contribution is -0.112. The number of esters is 1. The van der Waals surface area contributed by atoms with E-state index in [1.54, 1.807) is 13.8 Å². The molecule has 7 heteroatoms. The molecule has 0 fully saturated rings. The van der Waals surface area contributed by atoms with Gasteiger partial charge in [-0.3, -0.25) is 4.79 Å². The van der Waals surface area contributed by atoms with Crippen molar-refractivity contribution >= 4 is 34.3 Å². The van der Waals surface area contributed by atoms with E-state index in [0.29, 0.717) is 16.1 Å². The molecule has 0 saturated carbocycles. The van der Waals surface area contributed by atoms with Gasteiger partial charge in [-0.2, -0.15) is 5.26 Å². The highest BCUT2D eigenvalue weighted by atomic mass is 32.1. The zero-order valence-electron chi connectivity index (χ0n) is 14.6. The summed E-state index contributed by atoms with van der Waals surface area (Å²) in [5, 5.41) is 12.2. The van der Waals surface area contributed by atoms with Crippen LogP contribution in [0.15, 0.2) is 29.8 Å². The molecule has 2 aromatic rings. The largest absolute Gasteiger partial charge is 0.462 e. The van der Waals surface area contributed by atoms with E-state index in [2.05, 4.69) is 5.32 Å². The second-order valence-electron chi connectivity index (χ2n) is 5.38. The van der Waals surface area contributed by atoms with Gasteiger partial charge in [0.25, 0.3) is 5.91 Å². The number of aryl methyl sites for hydroxylation is 1. The molecular formula is C19H17FN2O3S. The summed E-state index contributed by atoms with van der Waals surface area (Å²) in [5.74, 6) is -1.58. The summed E-state index contributed by atoms with van der Waals surface area (Å²) in [7, 11) is 0. The number of thiophene rings is 1. The van der Waals surface area contributed by atoms with Crippen molar-refractivity contribution in [2.45, 2.75) is 20.8 Å². The van der Waals surface area contributed by atoms with Crippen LogP contribution in [-0.2, 0) is 9.53 Å². The van der Waals surface area contributed by atoms with Crippen molar-refractivity contribution in [2.24, 2.45) is 0 Å². The van der Waals surface area contributed by atoms with Gasteiger partial charge in [0, 0.05) is 4.88 Å². The number of anilines is 1. The normalized spacial score (nSPS) is 11.0. The van der Waals surface area contributed by atoms with Gasteiger partial charge in [0.15, 0.2) is 0 Å². The number of nitrogens with zero attached hydrogens (tertiary/aromatic N) is 1. The summed E-state index contributed by atoms with van der Waals surface area (Å²) < 4.78 is 18.0. The van der Waals surface area contributed by atoms with E-state index in [-0.39, 0.29) is 12.2 Å². The number of nitrogens with one attached hydrogen (secondary N) is 1. The predicted molar refractivity (Wildman–Crippen MR) is 98.4 cm³/mol. The summed E-state index contributed by atoms with van der Waals surface area (Å²) in [6, 6.07) is 7.23. The molecule has 0 aliphatic heterocycles. The summed E-state index contributed by atoms with van der Waals surface area (Å²) in [6.45, 7) is 5.52. The van der Waals surface area contributed by atoms with Crippen LogP contribution < -0.4 is 5.32 Å². The molecule has 2 rings (SSSR count). The minimum atomic E-state index is -0.649. The topological polar surface area (TPSA) is 79.2 Å². The Balaban J connectivity index is 2.31. The van der Waals surface area contributed by atoms with Crippen LogP contribution in [-0.4, -0.2) is 18.5 Å². The fourth-order valence-corrected chi connectivity index (χ4v) is 3.25. The van der Waals surface area contributed by atoms with Crippen molar-refractivity contribution in [1.82, 2.24) is 0 Å². The van der Waals surface area contributed by atoms with Crippen molar-refractivity contribution in [3.8, 4) is 6.07 Å². The Bertz CT molecular complexity index is 908. The molecule has 1 heterocycles. The standard InChI is InChI=1S/C19H17FN2O3S/c1-4-25-19(24)16-11(2)12(3)26-18(16)22-17(23)14(10-21)9-13-5-7-15(20)8-6-13/h5-9H,4H2,1-3H3,(H,22,23)/b14-9+. The Labute approximate surface area is 154 Å². The molecule has 0 aliphatic rings. The molecule has 1 aromatic carbocycles. The first-order chi connectivity index (χ1) is 12.4. The van der Waals surface area contributed by atoms with Gasteiger partial charge >= 0.3 is 5.97 Å². The Morgan fingerprint density at radius 3 is 2.54 bits per heavy atom. The van der Waals surface area contributed by atoms with Gasteiger partial charge in [0.05, 0.1) is 12.2 Å². The zero-order valence-corrected chi connectivity index (χ0v) is 15.4. The lowest BCUT2D eigenvalue weighted by Crippen LogP contribution is -2.16. The Morgan fingerprint density at radius 2 is 1.96 bits per heavy atom. The lowest BCUT2D eigenvalue weighted by atomic mass is 10.1. The van der Waals surface area contributed by atoms with Crippen molar-refractivity contribution in [3.05, 3.63) is 57.2 Å². The quantitative estimate of drug-likeness (QED) is 0.484. The van der Waals surface area contributed by atoms with Gasteiger partial charge in [-0.15, -0.1) is 11.3 Å². The molecule has 26 heavy (non-hydrogen) atoms. The zero-order chi connectivity index (χ0) is 19.3. The summed E-state index contributed by atoms with van der Waals surface area (Å²) in [6.07, 6.45) is 1.35. The van der Waals surface area contributed by atoms with E-state index in [1.165, 1.54) is 41.7 Å². The Morgan fingerprint density at radius 1 is 1.31 bits per heavy atom. The fraction of sp³-hybridized carbons (Fsp3) is 0.211. The van der Waals surface area contributed by atoms with Gasteiger partial charge < -0.3 is 10.1 Å². The third-order valence-corrected chi connectivity index (χ3v) is 4.76. The molecule has 1 aromatic heterocycles. The number of amides is 1. The summed E-state index contributed by atoms with van der Waals surface area (Å²) >= 11 is 1.24. The van der Waals surface area contributed by atoms with Gasteiger partial charge in [0.1, 0.15) is 22.5 Å². The molecule has 0 aliphatic carbocycles. The molecule has 0 unspecified atom stereocenters. The first-order valence-electron chi connectivity index (χ1n) is 7.83. The summed E-state index contributed by atoms with van der Waals surface area (Å²) in [4.78, 5) is 25.5. The van der Waals surface area contributed by atoms with E-state index in [0.717, 1.165) is 10.4 Å². The third kappa shape index (κ3) is 4.35. The van der Waals surface area contributed by atoms with Gasteiger partial charge in [-0.05, 0) is 50.1 Å². The summed E-state index contributed by atoms with van der Waals surface area (Å²) in [5.41, 5.74) is 1.38. The highest BCUT2D eigenvalue weighted by Crippen LogP contribution is 2.33. The molecule has 0 spiro atoms. The van der Waals surface area contributed by atoms with Gasteiger partial charge in [-0.25, -0.2) is 9.18 Å². The maximum Gasteiger partial charge on any atom is 0.341 e. The van der Waals surface area contributed by atoms with Crippen molar-refractivity contribution in [3.63, 3.8) is 0 Å². The SMILES string of the molecule is CCOC(=O)c1c(NC(=O)/C(C#N)=C/c2ccc(F)cc2)sc(C)c1C. The van der Waals surface area contributed by atoms with Crippen LogP contribution in [0.2, 0.25) is 0 Å². The van der Waals surface area contributed by atoms with E-state index in [1.807, 2.05) is 13.0 Å². The Hall–Kier alpha value is -2.98. The van der Waals surface area contributed by atoms with Crippen LogP contribution in [0.1, 0.15) is 33.3 Å². The van der Waals surface area contributed by atoms with E-state index >= 15 is 0 Å². The predicted octanol–water partition coefficient (Wildman–Crippen LogP) is 4.23. The minimum Gasteiger partial charge on any atom is -0.462 e. The average molecular weight is 372 g/mol. The molecular weight excluding hydrogens is 355 g/mol. The average Bonchev–Trinajstić information content (AvgIpc) is 2.88. The van der Waals surface area contributed by atoms with Crippen molar-refractivity contribution in [1.29, 1.82) is 5.26 Å². The van der Waals surface area contributed by atoms with E-state index in [4.69, 9.17) is 4.74 Å².